The molecule has 1 heterocycles. The summed E-state index contributed by atoms with van der Waals surface area (Å²) in [5.41, 5.74) is 1.64. The molecule has 0 aliphatic rings. The van der Waals surface area contributed by atoms with Gasteiger partial charge in [-0.2, -0.15) is 13.2 Å². The number of rotatable bonds is 7. The number of ether oxygens (including phenoxy) is 1. The zero-order valence-corrected chi connectivity index (χ0v) is 18.1. The van der Waals surface area contributed by atoms with Gasteiger partial charge in [0.2, 0.25) is 5.91 Å². The molecule has 3 rings (SSSR count). The van der Waals surface area contributed by atoms with Crippen LogP contribution in [0.25, 0.3) is 10.6 Å². The third-order valence-corrected chi connectivity index (χ3v) is 5.79. The predicted molar refractivity (Wildman–Crippen MR) is 113 cm³/mol. The molecule has 0 bridgehead atoms. The summed E-state index contributed by atoms with van der Waals surface area (Å²) in [5.74, 6) is -0.149. The van der Waals surface area contributed by atoms with Gasteiger partial charge in [-0.05, 0) is 42.2 Å². The number of carbonyl (C=O) groups excluding carboxylic acids is 1. The van der Waals surface area contributed by atoms with Gasteiger partial charge >= 0.3 is 6.18 Å². The third-order valence-electron chi connectivity index (χ3n) is 4.70. The minimum atomic E-state index is -4.51. The largest absolute Gasteiger partial charge is 0.497 e. The lowest BCUT2D eigenvalue weighted by Crippen LogP contribution is -2.27. The van der Waals surface area contributed by atoms with Crippen LogP contribution in [0.4, 0.5) is 13.2 Å². The molecule has 0 radical (unpaired) electrons. The summed E-state index contributed by atoms with van der Waals surface area (Å²) in [7, 11) is 1.31. The molecule has 3 aromatic rings. The maximum absolute atomic E-state index is 13.2. The molecule has 1 atom stereocenters. The van der Waals surface area contributed by atoms with Crippen LogP contribution in [0.5, 0.6) is 5.75 Å². The number of halogens is 3. The summed E-state index contributed by atoms with van der Waals surface area (Å²) in [6.07, 6.45) is -3.10. The van der Waals surface area contributed by atoms with Crippen LogP contribution in [0.3, 0.4) is 0 Å². The molecule has 31 heavy (non-hydrogen) atoms. The van der Waals surface area contributed by atoms with Gasteiger partial charge in [0.15, 0.2) is 0 Å². The number of alkyl halides is 3. The predicted octanol–water partition coefficient (Wildman–Crippen LogP) is 5.21. The number of amides is 1. The van der Waals surface area contributed by atoms with E-state index in [1.165, 1.54) is 25.7 Å². The zero-order chi connectivity index (χ0) is 22.6. The average Bonchev–Trinajstić information content (AvgIpc) is 3.23. The monoisotopic (exact) mass is 449 g/mol. The van der Waals surface area contributed by atoms with E-state index in [0.717, 1.165) is 35.5 Å². The van der Waals surface area contributed by atoms with E-state index in [1.54, 1.807) is 0 Å². The van der Waals surface area contributed by atoms with Crippen LogP contribution in [0.1, 0.15) is 41.6 Å². The van der Waals surface area contributed by atoms with Crippen molar-refractivity contribution in [2.45, 2.75) is 38.9 Å². The smallest absolute Gasteiger partial charge is 0.416 e. The number of benzene rings is 2. The van der Waals surface area contributed by atoms with E-state index in [9.17, 15) is 18.0 Å². The van der Waals surface area contributed by atoms with Crippen molar-refractivity contribution in [3.8, 4) is 16.3 Å². The van der Waals surface area contributed by atoms with Gasteiger partial charge in [0, 0.05) is 12.5 Å². The fourth-order valence-corrected chi connectivity index (χ4v) is 3.97. The van der Waals surface area contributed by atoms with Gasteiger partial charge in [0.1, 0.15) is 15.8 Å². The lowest BCUT2D eigenvalue weighted by Gasteiger charge is -2.15. The number of nitrogens with one attached hydrogen (secondary N) is 1. The van der Waals surface area contributed by atoms with Crippen LogP contribution in [0.2, 0.25) is 0 Å². The molecule has 9 heteroatoms. The molecule has 0 saturated heterocycles. The summed E-state index contributed by atoms with van der Waals surface area (Å²) in [6.45, 7) is 3.48. The van der Waals surface area contributed by atoms with Crippen LogP contribution < -0.4 is 10.1 Å². The second kappa shape index (κ2) is 9.47. The molecular weight excluding hydrogens is 427 g/mol. The topological polar surface area (TPSA) is 64.1 Å². The third kappa shape index (κ3) is 5.81. The maximum atomic E-state index is 13.2. The van der Waals surface area contributed by atoms with E-state index in [4.69, 9.17) is 4.74 Å². The Morgan fingerprint density at radius 3 is 2.39 bits per heavy atom. The molecule has 164 valence electrons. The number of hydrogen-bond donors (Lipinski definition) is 1. The normalized spacial score (nSPS) is 12.5. The van der Waals surface area contributed by atoms with Crippen molar-refractivity contribution in [1.82, 2.24) is 15.5 Å². The van der Waals surface area contributed by atoms with Crippen molar-refractivity contribution in [2.75, 3.05) is 7.11 Å². The van der Waals surface area contributed by atoms with E-state index in [-0.39, 0.29) is 17.2 Å². The van der Waals surface area contributed by atoms with E-state index in [2.05, 4.69) is 22.4 Å². The number of methoxy groups -OCH3 is 1. The molecule has 0 fully saturated rings. The Balaban J connectivity index is 1.92. The van der Waals surface area contributed by atoms with E-state index in [0.29, 0.717) is 16.4 Å². The minimum absolute atomic E-state index is 0.0796. The molecular formula is C22H22F3N3O2S. The quantitative estimate of drug-likeness (QED) is 0.538. The first-order chi connectivity index (χ1) is 14.7. The second-order valence-corrected chi connectivity index (χ2v) is 8.03. The number of carbonyl (C=O) groups is 1. The highest BCUT2D eigenvalue weighted by Gasteiger charge is 2.32. The first-order valence-electron chi connectivity index (χ1n) is 9.64. The molecule has 1 N–H and O–H groups in total. The minimum Gasteiger partial charge on any atom is -0.497 e. The lowest BCUT2D eigenvalue weighted by atomic mass is 10.0. The van der Waals surface area contributed by atoms with Crippen molar-refractivity contribution < 1.29 is 22.7 Å². The fourth-order valence-electron chi connectivity index (χ4n) is 3.09. The first kappa shape index (κ1) is 22.7. The van der Waals surface area contributed by atoms with Gasteiger partial charge in [0.25, 0.3) is 0 Å². The Hall–Kier alpha value is -2.94. The average molecular weight is 449 g/mol. The van der Waals surface area contributed by atoms with E-state index >= 15 is 0 Å². The molecule has 0 spiro atoms. The summed E-state index contributed by atoms with van der Waals surface area (Å²) in [6, 6.07) is 11.0. The maximum Gasteiger partial charge on any atom is 0.416 e. The van der Waals surface area contributed by atoms with Crippen LogP contribution in [0.15, 0.2) is 42.5 Å². The van der Waals surface area contributed by atoms with Crippen molar-refractivity contribution in [3.05, 3.63) is 64.2 Å². The Bertz CT molecular complexity index is 1050. The van der Waals surface area contributed by atoms with Crippen molar-refractivity contribution in [3.63, 3.8) is 0 Å². The Morgan fingerprint density at radius 2 is 1.81 bits per heavy atom. The molecule has 1 aromatic heterocycles. The van der Waals surface area contributed by atoms with Gasteiger partial charge < -0.3 is 10.1 Å². The molecule has 0 aliphatic heterocycles. The molecule has 1 unspecified atom stereocenters. The fraction of sp³-hybridized carbons (Fsp3) is 0.318. The van der Waals surface area contributed by atoms with Crippen LogP contribution in [-0.2, 0) is 23.8 Å². The van der Waals surface area contributed by atoms with E-state index < -0.39 is 17.8 Å². The SMILES string of the molecule is CCc1ccc(CC(NC(C)=O)c2nnc(-c3cc(OC)cc(C(F)(F)F)c3)s2)cc1. The number of nitrogens with zero attached hydrogens (tertiary/aromatic N) is 2. The lowest BCUT2D eigenvalue weighted by molar-refractivity contribution is -0.137. The summed E-state index contributed by atoms with van der Waals surface area (Å²) in [4.78, 5) is 11.7. The number of hydrogen-bond acceptors (Lipinski definition) is 5. The molecule has 0 saturated carbocycles. The van der Waals surface area contributed by atoms with Gasteiger partial charge in [-0.1, -0.05) is 42.5 Å². The zero-order valence-electron chi connectivity index (χ0n) is 17.3. The first-order valence-corrected chi connectivity index (χ1v) is 10.5. The molecule has 1 amide bonds. The van der Waals surface area contributed by atoms with Gasteiger partial charge in [-0.3, -0.25) is 4.79 Å². The Morgan fingerprint density at radius 1 is 1.13 bits per heavy atom. The highest BCUT2D eigenvalue weighted by atomic mass is 32.1. The molecule has 0 aliphatic carbocycles. The number of aryl methyl sites for hydroxylation is 1. The van der Waals surface area contributed by atoms with Gasteiger partial charge in [-0.15, -0.1) is 10.2 Å². The Labute approximate surface area is 182 Å². The highest BCUT2D eigenvalue weighted by molar-refractivity contribution is 7.14. The van der Waals surface area contributed by atoms with E-state index in [1.807, 2.05) is 24.3 Å². The molecule has 2 aromatic carbocycles. The standard InChI is InChI=1S/C22H22F3N3O2S/c1-4-14-5-7-15(8-6-14)9-19(26-13(2)29)21-28-27-20(31-21)16-10-17(22(23,24)25)12-18(11-16)30-3/h5-8,10-12,19H,4,9H2,1-3H3,(H,26,29). The second-order valence-electron chi connectivity index (χ2n) is 7.02. The summed E-state index contributed by atoms with van der Waals surface area (Å²) < 4.78 is 44.7. The van der Waals surface area contributed by atoms with Gasteiger partial charge in [0.05, 0.1) is 18.7 Å². The van der Waals surface area contributed by atoms with Crippen molar-refractivity contribution in [2.24, 2.45) is 0 Å². The summed E-state index contributed by atoms with van der Waals surface area (Å²) in [5, 5.41) is 11.9. The van der Waals surface area contributed by atoms with Crippen LogP contribution >= 0.6 is 11.3 Å². The number of aromatic nitrogens is 2. The molecule has 5 nitrogen and oxygen atoms in total. The summed E-state index contributed by atoms with van der Waals surface area (Å²) >= 11 is 1.14. The Kier molecular flexibility index (Phi) is 6.94. The van der Waals surface area contributed by atoms with Crippen molar-refractivity contribution in [1.29, 1.82) is 0 Å². The van der Waals surface area contributed by atoms with Gasteiger partial charge in [-0.25, -0.2) is 0 Å². The van der Waals surface area contributed by atoms with Crippen molar-refractivity contribution >= 4 is 17.2 Å². The van der Waals surface area contributed by atoms with Crippen LogP contribution in [-0.4, -0.2) is 23.2 Å². The highest BCUT2D eigenvalue weighted by Crippen LogP contribution is 2.37. The van der Waals surface area contributed by atoms with Crippen LogP contribution in [0, 0.1) is 0 Å².